The number of benzene rings is 1. The Balaban J connectivity index is 1.96. The maximum absolute atomic E-state index is 5.44. The summed E-state index contributed by atoms with van der Waals surface area (Å²) >= 11 is 2.01. The Morgan fingerprint density at radius 2 is 2.15 bits per heavy atom. The number of thioether (sulfide) groups is 1. The van der Waals surface area contributed by atoms with E-state index in [9.17, 15) is 0 Å². The number of methoxy groups -OCH3 is 1. The largest absolute Gasteiger partial charge is 0.496 e. The molecule has 1 aliphatic rings. The first-order chi connectivity index (χ1) is 9.83. The van der Waals surface area contributed by atoms with Gasteiger partial charge in [0.25, 0.3) is 0 Å². The van der Waals surface area contributed by atoms with Crippen LogP contribution in [0.3, 0.4) is 0 Å². The lowest BCUT2D eigenvalue weighted by Gasteiger charge is -2.11. The van der Waals surface area contributed by atoms with Crippen LogP contribution in [0.15, 0.2) is 18.2 Å². The molecule has 0 bridgehead atoms. The van der Waals surface area contributed by atoms with Crippen LogP contribution in [0.1, 0.15) is 36.8 Å². The van der Waals surface area contributed by atoms with Gasteiger partial charge in [-0.15, -0.1) is 0 Å². The second-order valence-electron chi connectivity index (χ2n) is 5.20. The predicted molar refractivity (Wildman–Crippen MR) is 87.0 cm³/mol. The third kappa shape index (κ3) is 4.47. The lowest BCUT2D eigenvalue weighted by atomic mass is 10.1. The molecule has 2 nitrogen and oxygen atoms in total. The van der Waals surface area contributed by atoms with Crippen molar-refractivity contribution >= 4 is 11.8 Å². The Morgan fingerprint density at radius 1 is 1.35 bits per heavy atom. The average Bonchev–Trinajstić information content (AvgIpc) is 2.98. The molecule has 0 heterocycles. The van der Waals surface area contributed by atoms with Crippen LogP contribution < -0.4 is 10.5 Å². The first-order valence-electron chi connectivity index (χ1n) is 7.27. The smallest absolute Gasteiger partial charge is 0.122 e. The second-order valence-corrected chi connectivity index (χ2v) is 6.23. The van der Waals surface area contributed by atoms with E-state index in [0.29, 0.717) is 6.54 Å². The Bertz CT molecular complexity index is 483. The van der Waals surface area contributed by atoms with Crippen molar-refractivity contribution in [3.05, 3.63) is 29.3 Å². The van der Waals surface area contributed by atoms with Gasteiger partial charge in [-0.25, -0.2) is 0 Å². The molecule has 1 aromatic rings. The number of hydrogen-bond donors (Lipinski definition) is 1. The van der Waals surface area contributed by atoms with Crippen LogP contribution in [0.25, 0.3) is 0 Å². The van der Waals surface area contributed by atoms with E-state index in [1.165, 1.54) is 37.0 Å². The summed E-state index contributed by atoms with van der Waals surface area (Å²) in [5, 5.41) is 0. The summed E-state index contributed by atoms with van der Waals surface area (Å²) in [6.45, 7) is 0.401. The third-order valence-corrected chi connectivity index (χ3v) is 4.92. The monoisotopic (exact) mass is 289 g/mol. The maximum atomic E-state index is 5.44. The van der Waals surface area contributed by atoms with Gasteiger partial charge in [0.1, 0.15) is 5.75 Å². The topological polar surface area (TPSA) is 35.2 Å². The van der Waals surface area contributed by atoms with Gasteiger partial charge in [-0.1, -0.05) is 24.7 Å². The quantitative estimate of drug-likeness (QED) is 0.844. The summed E-state index contributed by atoms with van der Waals surface area (Å²) in [6, 6.07) is 6.13. The summed E-state index contributed by atoms with van der Waals surface area (Å²) in [7, 11) is 1.73. The van der Waals surface area contributed by atoms with E-state index in [-0.39, 0.29) is 0 Å². The minimum absolute atomic E-state index is 0.401. The molecule has 0 spiro atoms. The standard InChI is InChI=1S/C17H23NOS/c1-19-17-9-8-14(7-4-10-18)11-16(17)13-20-12-15-5-2-3-6-15/h8-9,11,15H,2-3,5-6,10,12-13,18H2,1H3. The lowest BCUT2D eigenvalue weighted by molar-refractivity contribution is 0.411. The molecule has 2 N–H and O–H groups in total. The number of nitrogens with two attached hydrogens (primary N) is 1. The maximum Gasteiger partial charge on any atom is 0.122 e. The molecule has 108 valence electrons. The van der Waals surface area contributed by atoms with Gasteiger partial charge < -0.3 is 10.5 Å². The first kappa shape index (κ1) is 15.3. The summed E-state index contributed by atoms with van der Waals surface area (Å²) in [6.07, 6.45) is 5.65. The molecular formula is C17H23NOS. The highest BCUT2D eigenvalue weighted by Crippen LogP contribution is 2.31. The van der Waals surface area contributed by atoms with Gasteiger partial charge in [-0.2, -0.15) is 11.8 Å². The van der Waals surface area contributed by atoms with Crippen LogP contribution in [0, 0.1) is 17.8 Å². The van der Waals surface area contributed by atoms with Crippen molar-refractivity contribution in [2.24, 2.45) is 11.7 Å². The molecule has 0 saturated heterocycles. The molecule has 0 aromatic heterocycles. The zero-order valence-corrected chi connectivity index (χ0v) is 13.0. The van der Waals surface area contributed by atoms with E-state index in [2.05, 4.69) is 17.9 Å². The van der Waals surface area contributed by atoms with Gasteiger partial charge in [0.15, 0.2) is 0 Å². The highest BCUT2D eigenvalue weighted by Gasteiger charge is 2.15. The van der Waals surface area contributed by atoms with Crippen molar-refractivity contribution in [3.63, 3.8) is 0 Å². The van der Waals surface area contributed by atoms with Crippen molar-refractivity contribution in [1.82, 2.24) is 0 Å². The molecule has 20 heavy (non-hydrogen) atoms. The molecule has 0 unspecified atom stereocenters. The fourth-order valence-electron chi connectivity index (χ4n) is 2.63. The van der Waals surface area contributed by atoms with Gasteiger partial charge in [0.05, 0.1) is 13.7 Å². The molecule has 0 atom stereocenters. The number of ether oxygens (including phenoxy) is 1. The van der Waals surface area contributed by atoms with Gasteiger partial charge in [-0.05, 0) is 42.7 Å². The van der Waals surface area contributed by atoms with E-state index >= 15 is 0 Å². The van der Waals surface area contributed by atoms with E-state index < -0.39 is 0 Å². The highest BCUT2D eigenvalue weighted by molar-refractivity contribution is 7.98. The molecule has 1 aromatic carbocycles. The Kier molecular flexibility index (Phi) is 6.29. The van der Waals surface area contributed by atoms with E-state index in [0.717, 1.165) is 23.0 Å². The summed E-state index contributed by atoms with van der Waals surface area (Å²) in [4.78, 5) is 0. The fourth-order valence-corrected chi connectivity index (χ4v) is 3.86. The minimum atomic E-state index is 0.401. The third-order valence-electron chi connectivity index (χ3n) is 3.70. The Morgan fingerprint density at radius 3 is 2.85 bits per heavy atom. The normalized spacial score (nSPS) is 14.9. The predicted octanol–water partition coefficient (Wildman–Crippen LogP) is 3.43. The lowest BCUT2D eigenvalue weighted by Crippen LogP contribution is -1.98. The number of hydrogen-bond acceptors (Lipinski definition) is 3. The van der Waals surface area contributed by atoms with Gasteiger partial charge >= 0.3 is 0 Å². The zero-order chi connectivity index (χ0) is 14.2. The first-order valence-corrected chi connectivity index (χ1v) is 8.42. The van der Waals surface area contributed by atoms with Crippen LogP contribution in [-0.4, -0.2) is 19.4 Å². The fraction of sp³-hybridized carbons (Fsp3) is 0.529. The van der Waals surface area contributed by atoms with E-state index in [4.69, 9.17) is 10.5 Å². The van der Waals surface area contributed by atoms with Gasteiger partial charge in [0.2, 0.25) is 0 Å². The zero-order valence-electron chi connectivity index (χ0n) is 12.2. The summed E-state index contributed by atoms with van der Waals surface area (Å²) in [5.74, 6) is 10.1. The van der Waals surface area contributed by atoms with Crippen LogP contribution in [-0.2, 0) is 5.75 Å². The van der Waals surface area contributed by atoms with Crippen LogP contribution in [0.2, 0.25) is 0 Å². The minimum Gasteiger partial charge on any atom is -0.496 e. The SMILES string of the molecule is COc1ccc(C#CCN)cc1CSCC1CCCC1. The second kappa shape index (κ2) is 8.24. The van der Waals surface area contributed by atoms with Crippen LogP contribution >= 0.6 is 11.8 Å². The summed E-state index contributed by atoms with van der Waals surface area (Å²) in [5.41, 5.74) is 7.67. The Labute approximate surface area is 126 Å². The van der Waals surface area contributed by atoms with E-state index in [1.807, 2.05) is 23.9 Å². The number of rotatable bonds is 5. The molecule has 1 aliphatic carbocycles. The molecule has 2 rings (SSSR count). The van der Waals surface area contributed by atoms with Crippen LogP contribution in [0.5, 0.6) is 5.75 Å². The van der Waals surface area contributed by atoms with Crippen molar-refractivity contribution in [2.75, 3.05) is 19.4 Å². The highest BCUT2D eigenvalue weighted by atomic mass is 32.2. The molecule has 3 heteroatoms. The molecular weight excluding hydrogens is 266 g/mol. The molecule has 0 amide bonds. The average molecular weight is 289 g/mol. The van der Waals surface area contributed by atoms with Gasteiger partial charge in [-0.3, -0.25) is 0 Å². The molecule has 0 radical (unpaired) electrons. The van der Waals surface area contributed by atoms with Crippen molar-refractivity contribution in [3.8, 4) is 17.6 Å². The van der Waals surface area contributed by atoms with Gasteiger partial charge in [0, 0.05) is 16.9 Å². The Hall–Kier alpha value is -1.11. The molecule has 1 saturated carbocycles. The van der Waals surface area contributed by atoms with Crippen LogP contribution in [0.4, 0.5) is 0 Å². The molecule has 0 aliphatic heterocycles. The van der Waals surface area contributed by atoms with Crippen molar-refractivity contribution < 1.29 is 4.74 Å². The molecule has 1 fully saturated rings. The summed E-state index contributed by atoms with van der Waals surface area (Å²) < 4.78 is 5.44. The van der Waals surface area contributed by atoms with Crippen molar-refractivity contribution in [1.29, 1.82) is 0 Å². The van der Waals surface area contributed by atoms with E-state index in [1.54, 1.807) is 7.11 Å². The van der Waals surface area contributed by atoms with Crippen molar-refractivity contribution in [2.45, 2.75) is 31.4 Å².